The van der Waals surface area contributed by atoms with Crippen LogP contribution in [-0.2, 0) is 9.47 Å². The van der Waals surface area contributed by atoms with Gasteiger partial charge in [0, 0.05) is 5.56 Å². The first-order chi connectivity index (χ1) is 13.6. The van der Waals surface area contributed by atoms with E-state index in [2.05, 4.69) is 29.0 Å². The van der Waals surface area contributed by atoms with Gasteiger partial charge in [0.25, 0.3) is 0 Å². The average molecular weight is 385 g/mol. The van der Waals surface area contributed by atoms with E-state index in [1.54, 1.807) is 12.4 Å². The summed E-state index contributed by atoms with van der Waals surface area (Å²) >= 11 is 0. The highest BCUT2D eigenvalue weighted by atomic mass is 16.7. The molecule has 5 heteroatoms. The molecule has 0 bridgehead atoms. The first-order valence-electron chi connectivity index (χ1n) is 10.4. The predicted octanol–water partition coefficient (Wildman–Crippen LogP) is 5.71. The molecule has 1 atom stereocenters. The lowest BCUT2D eigenvalue weighted by atomic mass is 10.1. The summed E-state index contributed by atoms with van der Waals surface area (Å²) < 4.78 is 17.3. The van der Waals surface area contributed by atoms with Crippen LogP contribution in [0.2, 0.25) is 0 Å². The lowest BCUT2D eigenvalue weighted by Gasteiger charge is -2.17. The fraction of sp³-hybridized carbons (Fsp3) is 0.565. The monoisotopic (exact) mass is 384 g/mol. The molecule has 3 rings (SSSR count). The van der Waals surface area contributed by atoms with E-state index in [1.165, 1.54) is 32.1 Å². The van der Waals surface area contributed by atoms with Crippen molar-refractivity contribution in [2.24, 2.45) is 0 Å². The van der Waals surface area contributed by atoms with Crippen LogP contribution in [0.3, 0.4) is 0 Å². The molecule has 0 N–H and O–H groups in total. The number of aromatic nitrogens is 2. The SMILES string of the molecule is CCCCCCCCOc1cnc(-c2ccc([C@H]3COC(C)(C)O3)cc2)nc1. The van der Waals surface area contributed by atoms with Gasteiger partial charge in [0.05, 0.1) is 25.6 Å². The number of hydrogen-bond donors (Lipinski definition) is 0. The Labute approximate surface area is 168 Å². The Bertz CT molecular complexity index is 714. The van der Waals surface area contributed by atoms with E-state index in [0.717, 1.165) is 29.9 Å². The summed E-state index contributed by atoms with van der Waals surface area (Å²) in [6, 6.07) is 8.15. The van der Waals surface area contributed by atoms with Crippen LogP contribution in [0.5, 0.6) is 5.75 Å². The van der Waals surface area contributed by atoms with Gasteiger partial charge in [-0.3, -0.25) is 0 Å². The Kier molecular flexibility index (Phi) is 7.40. The van der Waals surface area contributed by atoms with E-state index in [-0.39, 0.29) is 6.10 Å². The summed E-state index contributed by atoms with van der Waals surface area (Å²) in [4.78, 5) is 8.89. The van der Waals surface area contributed by atoms with E-state index in [1.807, 2.05) is 26.0 Å². The van der Waals surface area contributed by atoms with Crippen LogP contribution in [-0.4, -0.2) is 29.0 Å². The van der Waals surface area contributed by atoms with Gasteiger partial charge in [-0.2, -0.15) is 0 Å². The molecule has 1 fully saturated rings. The molecule has 1 aromatic carbocycles. The molecule has 2 heterocycles. The fourth-order valence-electron chi connectivity index (χ4n) is 3.31. The first kappa shape index (κ1) is 20.7. The van der Waals surface area contributed by atoms with Crippen LogP contribution in [0, 0.1) is 0 Å². The van der Waals surface area contributed by atoms with Crippen LogP contribution >= 0.6 is 0 Å². The molecule has 1 aliphatic rings. The van der Waals surface area contributed by atoms with Crippen LogP contribution in [0.4, 0.5) is 0 Å². The van der Waals surface area contributed by atoms with Crippen molar-refractivity contribution in [3.63, 3.8) is 0 Å². The standard InChI is InChI=1S/C23H32N2O3/c1-4-5-6-7-8-9-14-26-20-15-24-22(25-16-20)19-12-10-18(11-13-19)21-17-27-23(2,3)28-21/h10-13,15-16,21H,4-9,14,17H2,1-3H3/t21-/m1/s1. The van der Waals surface area contributed by atoms with Gasteiger partial charge in [0.2, 0.25) is 0 Å². The zero-order chi connectivity index (χ0) is 19.8. The molecule has 0 saturated carbocycles. The summed E-state index contributed by atoms with van der Waals surface area (Å²) in [6.45, 7) is 7.41. The maximum absolute atomic E-state index is 5.90. The third-order valence-electron chi connectivity index (χ3n) is 4.94. The predicted molar refractivity (Wildman–Crippen MR) is 110 cm³/mol. The molecule has 2 aromatic rings. The van der Waals surface area contributed by atoms with Gasteiger partial charge >= 0.3 is 0 Å². The maximum atomic E-state index is 5.90. The van der Waals surface area contributed by atoms with Crippen molar-refractivity contribution < 1.29 is 14.2 Å². The summed E-state index contributed by atoms with van der Waals surface area (Å²) in [6.07, 6.45) is 11.0. The summed E-state index contributed by atoms with van der Waals surface area (Å²) in [5.74, 6) is 0.910. The number of unbranched alkanes of at least 4 members (excludes halogenated alkanes) is 5. The minimum atomic E-state index is -0.516. The molecule has 152 valence electrons. The van der Waals surface area contributed by atoms with E-state index in [9.17, 15) is 0 Å². The molecular weight excluding hydrogens is 352 g/mol. The quantitative estimate of drug-likeness (QED) is 0.491. The molecule has 1 saturated heterocycles. The van der Waals surface area contributed by atoms with Gasteiger partial charge in [-0.25, -0.2) is 9.97 Å². The fourth-order valence-corrected chi connectivity index (χ4v) is 3.31. The average Bonchev–Trinajstić information content (AvgIpc) is 3.08. The van der Waals surface area contributed by atoms with Gasteiger partial charge in [-0.05, 0) is 25.8 Å². The molecule has 0 unspecified atom stereocenters. The Balaban J connectivity index is 1.47. The maximum Gasteiger partial charge on any atom is 0.163 e. The van der Waals surface area contributed by atoms with E-state index in [0.29, 0.717) is 12.4 Å². The molecule has 28 heavy (non-hydrogen) atoms. The molecular formula is C23H32N2O3. The summed E-state index contributed by atoms with van der Waals surface area (Å²) in [5.41, 5.74) is 2.08. The highest BCUT2D eigenvalue weighted by Crippen LogP contribution is 2.33. The highest BCUT2D eigenvalue weighted by molar-refractivity contribution is 5.55. The van der Waals surface area contributed by atoms with Crippen molar-refractivity contribution >= 4 is 0 Å². The normalized spacial score (nSPS) is 18.3. The first-order valence-corrected chi connectivity index (χ1v) is 10.4. The smallest absolute Gasteiger partial charge is 0.163 e. The largest absolute Gasteiger partial charge is 0.490 e. The van der Waals surface area contributed by atoms with E-state index >= 15 is 0 Å². The molecule has 1 aromatic heterocycles. The summed E-state index contributed by atoms with van der Waals surface area (Å²) in [7, 11) is 0. The lowest BCUT2D eigenvalue weighted by molar-refractivity contribution is -0.139. The van der Waals surface area contributed by atoms with E-state index < -0.39 is 5.79 Å². The highest BCUT2D eigenvalue weighted by Gasteiger charge is 2.33. The number of rotatable bonds is 10. The third-order valence-corrected chi connectivity index (χ3v) is 4.94. The second-order valence-electron chi connectivity index (χ2n) is 7.80. The van der Waals surface area contributed by atoms with Crippen molar-refractivity contribution in [1.29, 1.82) is 0 Å². The second-order valence-corrected chi connectivity index (χ2v) is 7.80. The van der Waals surface area contributed by atoms with Crippen molar-refractivity contribution in [3.05, 3.63) is 42.2 Å². The number of hydrogen-bond acceptors (Lipinski definition) is 5. The van der Waals surface area contributed by atoms with Gasteiger partial charge in [0.15, 0.2) is 17.4 Å². The molecule has 0 amide bonds. The van der Waals surface area contributed by atoms with Crippen LogP contribution in [0.15, 0.2) is 36.7 Å². The second kappa shape index (κ2) is 9.99. The lowest BCUT2D eigenvalue weighted by Crippen LogP contribution is -2.19. The molecule has 1 aliphatic heterocycles. The van der Waals surface area contributed by atoms with Crippen LogP contribution < -0.4 is 4.74 Å². The Morgan fingerprint density at radius 1 is 1.00 bits per heavy atom. The third kappa shape index (κ3) is 6.01. The number of nitrogens with zero attached hydrogens (tertiary/aromatic N) is 2. The number of ether oxygens (including phenoxy) is 3. The van der Waals surface area contributed by atoms with Crippen molar-refractivity contribution in [1.82, 2.24) is 9.97 Å². The van der Waals surface area contributed by atoms with Crippen molar-refractivity contribution in [2.45, 2.75) is 71.2 Å². The summed E-state index contributed by atoms with van der Waals surface area (Å²) in [5, 5.41) is 0. The van der Waals surface area contributed by atoms with Crippen LogP contribution in [0.1, 0.15) is 71.0 Å². The molecule has 5 nitrogen and oxygen atoms in total. The minimum Gasteiger partial charge on any atom is -0.490 e. The molecule has 0 radical (unpaired) electrons. The zero-order valence-corrected chi connectivity index (χ0v) is 17.3. The van der Waals surface area contributed by atoms with Gasteiger partial charge in [0.1, 0.15) is 6.10 Å². The van der Waals surface area contributed by atoms with E-state index in [4.69, 9.17) is 14.2 Å². The Morgan fingerprint density at radius 2 is 1.68 bits per heavy atom. The Morgan fingerprint density at radius 3 is 2.32 bits per heavy atom. The topological polar surface area (TPSA) is 53.5 Å². The molecule has 0 aliphatic carbocycles. The van der Waals surface area contributed by atoms with Crippen molar-refractivity contribution in [2.75, 3.05) is 13.2 Å². The zero-order valence-electron chi connectivity index (χ0n) is 17.3. The van der Waals surface area contributed by atoms with Gasteiger partial charge < -0.3 is 14.2 Å². The number of benzene rings is 1. The minimum absolute atomic E-state index is 0.0253. The Hall–Kier alpha value is -1.98. The van der Waals surface area contributed by atoms with Gasteiger partial charge in [-0.15, -0.1) is 0 Å². The van der Waals surface area contributed by atoms with Crippen molar-refractivity contribution in [3.8, 4) is 17.1 Å². The van der Waals surface area contributed by atoms with Crippen LogP contribution in [0.25, 0.3) is 11.4 Å². The molecule has 0 spiro atoms. The van der Waals surface area contributed by atoms with Gasteiger partial charge in [-0.1, -0.05) is 63.3 Å².